The van der Waals surface area contributed by atoms with Gasteiger partial charge in [-0.2, -0.15) is 0 Å². The molecule has 4 heterocycles. The molecular formula is C23H25N7. The fourth-order valence-electron chi connectivity index (χ4n) is 3.84. The van der Waals surface area contributed by atoms with Gasteiger partial charge in [-0.15, -0.1) is 0 Å². The van der Waals surface area contributed by atoms with Crippen LogP contribution in [0, 0.1) is 0 Å². The normalized spacial score (nSPS) is 14.8. The second-order valence-electron chi connectivity index (χ2n) is 7.53. The number of aromatic nitrogens is 4. The number of rotatable bonds is 6. The minimum absolute atomic E-state index is 0.583. The number of aromatic amines is 1. The number of pyridine rings is 1. The minimum atomic E-state index is 0.583. The van der Waals surface area contributed by atoms with Crippen molar-refractivity contribution in [3.8, 4) is 11.3 Å². The second kappa shape index (κ2) is 8.61. The van der Waals surface area contributed by atoms with Crippen LogP contribution in [0.4, 0.5) is 11.6 Å². The van der Waals surface area contributed by atoms with E-state index in [9.17, 15) is 0 Å². The van der Waals surface area contributed by atoms with Gasteiger partial charge in [-0.1, -0.05) is 12.1 Å². The Morgan fingerprint density at radius 3 is 2.70 bits per heavy atom. The van der Waals surface area contributed by atoms with Crippen molar-refractivity contribution in [2.24, 2.45) is 0 Å². The zero-order chi connectivity index (χ0) is 20.2. The number of hydrogen-bond acceptors (Lipinski definition) is 6. The number of fused-ring (bicyclic) bond motifs is 1. The highest BCUT2D eigenvalue weighted by Gasteiger charge is 2.10. The van der Waals surface area contributed by atoms with Crippen molar-refractivity contribution in [3.05, 3.63) is 66.6 Å². The molecule has 1 aromatic carbocycles. The molecule has 0 atom stereocenters. The number of nitrogens with one attached hydrogen (secondary N) is 3. The first-order valence-corrected chi connectivity index (χ1v) is 10.4. The molecule has 0 spiro atoms. The fourth-order valence-corrected chi connectivity index (χ4v) is 3.84. The van der Waals surface area contributed by atoms with Gasteiger partial charge in [0.05, 0.1) is 5.69 Å². The summed E-state index contributed by atoms with van der Waals surface area (Å²) in [4.78, 5) is 19.1. The molecule has 3 N–H and O–H groups in total. The van der Waals surface area contributed by atoms with Crippen LogP contribution >= 0.6 is 0 Å². The Morgan fingerprint density at radius 2 is 1.83 bits per heavy atom. The van der Waals surface area contributed by atoms with Crippen LogP contribution in [-0.2, 0) is 6.42 Å². The molecule has 1 aliphatic heterocycles. The van der Waals surface area contributed by atoms with Gasteiger partial charge in [-0.25, -0.2) is 15.0 Å². The smallest absolute Gasteiger partial charge is 0.227 e. The Labute approximate surface area is 175 Å². The molecule has 7 nitrogen and oxygen atoms in total. The Hall–Kier alpha value is -3.29. The SMILES string of the molecule is c1cnc2[nH]cc(-c3ccnc(Nc4ccc(CCN5CCNCC5)cc4)n3)c2c1. The van der Waals surface area contributed by atoms with Gasteiger partial charge in [0.1, 0.15) is 5.65 Å². The first-order valence-electron chi connectivity index (χ1n) is 10.4. The van der Waals surface area contributed by atoms with Crippen molar-refractivity contribution in [3.63, 3.8) is 0 Å². The molecule has 0 unspecified atom stereocenters. The van der Waals surface area contributed by atoms with E-state index in [-0.39, 0.29) is 0 Å². The van der Waals surface area contributed by atoms with Gasteiger partial charge < -0.3 is 20.5 Å². The lowest BCUT2D eigenvalue weighted by atomic mass is 10.1. The van der Waals surface area contributed by atoms with E-state index < -0.39 is 0 Å². The number of H-pyrrole nitrogens is 1. The van der Waals surface area contributed by atoms with Crippen LogP contribution in [0.3, 0.4) is 0 Å². The lowest BCUT2D eigenvalue weighted by Gasteiger charge is -2.27. The van der Waals surface area contributed by atoms with E-state index in [1.807, 2.05) is 24.4 Å². The highest BCUT2D eigenvalue weighted by atomic mass is 15.2. The van der Waals surface area contributed by atoms with Crippen LogP contribution < -0.4 is 10.6 Å². The fraction of sp³-hybridized carbons (Fsp3) is 0.261. The van der Waals surface area contributed by atoms with Crippen molar-refractivity contribution in [2.45, 2.75) is 6.42 Å². The van der Waals surface area contributed by atoms with Gasteiger partial charge in [-0.05, 0) is 42.3 Å². The van der Waals surface area contributed by atoms with Crippen LogP contribution in [0.2, 0.25) is 0 Å². The molecule has 30 heavy (non-hydrogen) atoms. The van der Waals surface area contributed by atoms with Crippen LogP contribution in [0.5, 0.6) is 0 Å². The van der Waals surface area contributed by atoms with E-state index in [4.69, 9.17) is 4.98 Å². The molecule has 5 rings (SSSR count). The highest BCUT2D eigenvalue weighted by molar-refractivity contribution is 5.92. The summed E-state index contributed by atoms with van der Waals surface area (Å²) < 4.78 is 0. The van der Waals surface area contributed by atoms with Crippen molar-refractivity contribution in [2.75, 3.05) is 38.0 Å². The molecule has 0 radical (unpaired) electrons. The van der Waals surface area contributed by atoms with Gasteiger partial charge in [0, 0.05) is 68.0 Å². The third-order valence-electron chi connectivity index (χ3n) is 5.52. The highest BCUT2D eigenvalue weighted by Crippen LogP contribution is 2.26. The van der Waals surface area contributed by atoms with Gasteiger partial charge in [0.15, 0.2) is 0 Å². The summed E-state index contributed by atoms with van der Waals surface area (Å²) in [5, 5.41) is 7.77. The van der Waals surface area contributed by atoms with E-state index in [1.54, 1.807) is 12.4 Å². The second-order valence-corrected chi connectivity index (χ2v) is 7.53. The zero-order valence-electron chi connectivity index (χ0n) is 16.8. The molecule has 1 fully saturated rings. The predicted molar refractivity (Wildman–Crippen MR) is 120 cm³/mol. The lowest BCUT2D eigenvalue weighted by Crippen LogP contribution is -2.44. The summed E-state index contributed by atoms with van der Waals surface area (Å²) in [6.07, 6.45) is 6.57. The molecule has 3 aromatic heterocycles. The molecule has 0 aliphatic carbocycles. The quantitative estimate of drug-likeness (QED) is 0.462. The lowest BCUT2D eigenvalue weighted by molar-refractivity contribution is 0.244. The van der Waals surface area contributed by atoms with Gasteiger partial charge >= 0.3 is 0 Å². The average Bonchev–Trinajstić information content (AvgIpc) is 3.24. The summed E-state index contributed by atoms with van der Waals surface area (Å²) in [6.45, 7) is 5.58. The number of benzene rings is 1. The number of anilines is 2. The van der Waals surface area contributed by atoms with Crippen LogP contribution in [0.1, 0.15) is 5.56 Å². The molecule has 0 amide bonds. The molecule has 1 aliphatic rings. The van der Waals surface area contributed by atoms with E-state index in [0.29, 0.717) is 5.95 Å². The summed E-state index contributed by atoms with van der Waals surface area (Å²) >= 11 is 0. The van der Waals surface area contributed by atoms with Crippen molar-refractivity contribution in [1.82, 2.24) is 30.2 Å². The Morgan fingerprint density at radius 1 is 0.967 bits per heavy atom. The van der Waals surface area contributed by atoms with Gasteiger partial charge in [-0.3, -0.25) is 0 Å². The largest absolute Gasteiger partial charge is 0.345 e. The topological polar surface area (TPSA) is 81.8 Å². The van der Waals surface area contributed by atoms with Crippen LogP contribution in [-0.4, -0.2) is 57.6 Å². The monoisotopic (exact) mass is 399 g/mol. The van der Waals surface area contributed by atoms with Gasteiger partial charge in [0.25, 0.3) is 0 Å². The predicted octanol–water partition coefficient (Wildman–Crippen LogP) is 3.21. The van der Waals surface area contributed by atoms with E-state index in [1.165, 1.54) is 5.56 Å². The minimum Gasteiger partial charge on any atom is -0.345 e. The number of nitrogens with zero attached hydrogens (tertiary/aromatic N) is 4. The van der Waals surface area contributed by atoms with Crippen LogP contribution in [0.15, 0.2) is 61.1 Å². The van der Waals surface area contributed by atoms with Gasteiger partial charge in [0.2, 0.25) is 5.95 Å². The van der Waals surface area contributed by atoms with Crippen molar-refractivity contribution >= 4 is 22.7 Å². The Balaban J connectivity index is 1.26. The maximum Gasteiger partial charge on any atom is 0.227 e. The molecule has 0 bridgehead atoms. The maximum atomic E-state index is 4.70. The third-order valence-corrected chi connectivity index (χ3v) is 5.52. The summed E-state index contributed by atoms with van der Waals surface area (Å²) in [5.74, 6) is 0.583. The number of hydrogen-bond donors (Lipinski definition) is 3. The van der Waals surface area contributed by atoms with Crippen molar-refractivity contribution < 1.29 is 0 Å². The molecular weight excluding hydrogens is 374 g/mol. The maximum absolute atomic E-state index is 4.70. The first kappa shape index (κ1) is 18.7. The summed E-state index contributed by atoms with van der Waals surface area (Å²) in [7, 11) is 0. The molecule has 4 aromatic rings. The Bertz CT molecular complexity index is 1110. The molecule has 152 valence electrons. The number of piperazine rings is 1. The first-order chi connectivity index (χ1) is 14.8. The van der Waals surface area contributed by atoms with Crippen molar-refractivity contribution in [1.29, 1.82) is 0 Å². The molecule has 0 saturated carbocycles. The van der Waals surface area contributed by atoms with Crippen LogP contribution in [0.25, 0.3) is 22.3 Å². The molecule has 7 heteroatoms. The zero-order valence-corrected chi connectivity index (χ0v) is 16.8. The third kappa shape index (κ3) is 4.17. The summed E-state index contributed by atoms with van der Waals surface area (Å²) in [5.41, 5.74) is 5.07. The molecule has 1 saturated heterocycles. The van der Waals surface area contributed by atoms with E-state index in [2.05, 4.69) is 54.8 Å². The summed E-state index contributed by atoms with van der Waals surface area (Å²) in [6, 6.07) is 14.4. The standard InChI is InChI=1S/C23H25N7/c1-2-19-20(16-27-22(19)25-9-1)21-7-10-26-23(29-21)28-18-5-3-17(4-6-18)8-13-30-14-11-24-12-15-30/h1-7,9-10,16,24H,8,11-15H2,(H,25,27)(H,26,28,29). The average molecular weight is 400 g/mol. The Kier molecular flexibility index (Phi) is 5.37. The van der Waals surface area contributed by atoms with E-state index >= 15 is 0 Å². The van der Waals surface area contributed by atoms with E-state index in [0.717, 1.165) is 67.1 Å².